The number of allylic oxidation sites excluding steroid dienone is 1. The van der Waals surface area contributed by atoms with Gasteiger partial charge in [-0.15, -0.1) is 0 Å². The molecule has 0 saturated heterocycles. The predicted molar refractivity (Wildman–Crippen MR) is 116 cm³/mol. The molecule has 8 nitrogen and oxygen atoms in total. The van der Waals surface area contributed by atoms with Crippen molar-refractivity contribution in [2.24, 2.45) is 10.4 Å². The van der Waals surface area contributed by atoms with Gasteiger partial charge in [-0.3, -0.25) is 15.1 Å². The van der Waals surface area contributed by atoms with E-state index in [0.717, 1.165) is 5.56 Å². The van der Waals surface area contributed by atoms with Crippen LogP contribution in [0.1, 0.15) is 30.4 Å². The Morgan fingerprint density at radius 2 is 1.88 bits per heavy atom. The van der Waals surface area contributed by atoms with Gasteiger partial charge in [0.2, 0.25) is 0 Å². The molecule has 0 N–H and O–H groups in total. The second-order valence-electron chi connectivity index (χ2n) is 7.21. The highest BCUT2D eigenvalue weighted by molar-refractivity contribution is 6.13. The van der Waals surface area contributed by atoms with Crippen LogP contribution in [-0.4, -0.2) is 23.2 Å². The summed E-state index contributed by atoms with van der Waals surface area (Å²) in [5.74, 6) is -1.22. The second kappa shape index (κ2) is 9.67. The van der Waals surface area contributed by atoms with Crippen LogP contribution in [0.15, 0.2) is 71.2 Å². The summed E-state index contributed by atoms with van der Waals surface area (Å²) >= 11 is 0. The minimum absolute atomic E-state index is 0.0912. The van der Waals surface area contributed by atoms with E-state index in [1.165, 1.54) is 30.3 Å². The van der Waals surface area contributed by atoms with E-state index in [9.17, 15) is 25.4 Å². The van der Waals surface area contributed by atoms with Crippen molar-refractivity contribution in [1.82, 2.24) is 0 Å². The molecule has 8 heteroatoms. The van der Waals surface area contributed by atoms with Crippen LogP contribution in [-0.2, 0) is 16.1 Å². The zero-order valence-corrected chi connectivity index (χ0v) is 17.4. The summed E-state index contributed by atoms with van der Waals surface area (Å²) in [6.07, 6.45) is 1.48. The van der Waals surface area contributed by atoms with E-state index < -0.39 is 22.2 Å². The Hall–Kier alpha value is -4.30. The van der Waals surface area contributed by atoms with E-state index in [2.05, 4.69) is 17.1 Å². The number of hydrogen-bond acceptors (Lipinski definition) is 7. The summed E-state index contributed by atoms with van der Waals surface area (Å²) in [5, 5.41) is 31.2. The maximum Gasteiger partial charge on any atom is 0.331 e. The highest BCUT2D eigenvalue weighted by Gasteiger charge is 2.52. The number of ether oxygens (including phenoxy) is 1. The molecule has 2 aromatic rings. The Kier molecular flexibility index (Phi) is 6.77. The molecule has 1 saturated carbocycles. The van der Waals surface area contributed by atoms with Crippen molar-refractivity contribution >= 4 is 17.4 Å². The Balaban J connectivity index is 2.11. The van der Waals surface area contributed by atoms with Crippen molar-refractivity contribution in [3.8, 4) is 12.1 Å². The van der Waals surface area contributed by atoms with Gasteiger partial charge < -0.3 is 4.74 Å². The molecule has 1 atom stereocenters. The molecule has 1 unspecified atom stereocenters. The maximum atomic E-state index is 12.2. The number of hydrogen-bond donors (Lipinski definition) is 0. The lowest BCUT2D eigenvalue weighted by Gasteiger charge is -2.21. The third-order valence-electron chi connectivity index (χ3n) is 5.32. The zero-order valence-electron chi connectivity index (χ0n) is 17.4. The summed E-state index contributed by atoms with van der Waals surface area (Å²) in [4.78, 5) is 27.3. The number of esters is 1. The number of carbonyl (C=O) groups is 1. The van der Waals surface area contributed by atoms with E-state index in [0.29, 0.717) is 11.1 Å². The van der Waals surface area contributed by atoms with Gasteiger partial charge in [-0.25, -0.2) is 4.79 Å². The molecule has 0 radical (unpaired) electrons. The first kappa shape index (κ1) is 22.4. The predicted octanol–water partition coefficient (Wildman–Crippen LogP) is 4.25. The van der Waals surface area contributed by atoms with Crippen LogP contribution in [0.25, 0.3) is 0 Å². The number of rotatable bonds is 6. The lowest BCUT2D eigenvalue weighted by atomic mass is 9.75. The summed E-state index contributed by atoms with van der Waals surface area (Å²) in [7, 11) is 0. The van der Waals surface area contributed by atoms with Gasteiger partial charge in [-0.2, -0.15) is 10.5 Å². The molecule has 0 aliphatic heterocycles. The number of nitro benzene ring substituents is 1. The molecule has 32 heavy (non-hydrogen) atoms. The third kappa shape index (κ3) is 4.40. The van der Waals surface area contributed by atoms with Gasteiger partial charge in [-0.05, 0) is 30.0 Å². The first-order valence-electron chi connectivity index (χ1n) is 9.98. The van der Waals surface area contributed by atoms with E-state index in [1.807, 2.05) is 30.3 Å². The normalized spacial score (nSPS) is 19.3. The van der Waals surface area contributed by atoms with Crippen molar-refractivity contribution < 1.29 is 14.5 Å². The zero-order chi connectivity index (χ0) is 23.1. The molecule has 0 spiro atoms. The number of aliphatic imine (C=N–C) groups is 1. The summed E-state index contributed by atoms with van der Waals surface area (Å²) < 4.78 is 5.02. The van der Waals surface area contributed by atoms with Crippen LogP contribution in [0.3, 0.4) is 0 Å². The monoisotopic (exact) mass is 428 g/mol. The van der Waals surface area contributed by atoms with Gasteiger partial charge >= 0.3 is 5.97 Å². The number of nitro groups is 1. The number of nitrogens with zero attached hydrogens (tertiary/aromatic N) is 4. The largest absolute Gasteiger partial charge is 0.463 e. The summed E-state index contributed by atoms with van der Waals surface area (Å²) in [5.41, 5.74) is 0.404. The third-order valence-corrected chi connectivity index (χ3v) is 5.32. The lowest BCUT2D eigenvalue weighted by molar-refractivity contribution is -0.384. The van der Waals surface area contributed by atoms with Crippen molar-refractivity contribution in [3.05, 3.63) is 87.5 Å². The van der Waals surface area contributed by atoms with Crippen LogP contribution in [0, 0.1) is 38.2 Å². The van der Waals surface area contributed by atoms with Crippen LogP contribution in [0.2, 0.25) is 0 Å². The molecular formula is C24H20N4O4. The Labute approximate surface area is 185 Å². The molecule has 1 aliphatic carbocycles. The lowest BCUT2D eigenvalue weighted by Crippen LogP contribution is -2.29. The summed E-state index contributed by atoms with van der Waals surface area (Å²) in [6, 6.07) is 19.3. The Bertz CT molecular complexity index is 1140. The average molecular weight is 428 g/mol. The molecule has 1 fully saturated rings. The number of carbonyl (C=O) groups excluding carboxylic acids is 1. The SMILES string of the molecule is CCOC(=O)/C=C1\CC(c2ccc([N+](=O)[O-])cc2)C(C#N)(C#N)C1=NCc1ccccc1. The number of non-ortho nitro benzene ring substituents is 1. The van der Waals surface area contributed by atoms with E-state index in [1.54, 1.807) is 6.92 Å². The van der Waals surface area contributed by atoms with Gasteiger partial charge in [-0.1, -0.05) is 42.5 Å². The standard InChI is InChI=1S/C24H20N4O4/c1-2-32-22(29)13-19-12-21(18-8-10-20(11-9-18)28(30)31)24(15-25,16-26)23(19)27-14-17-6-4-3-5-7-17/h3-11,13,21H,2,12,14H2,1H3/b19-13+,27-23?. The van der Waals surface area contributed by atoms with Crippen molar-refractivity contribution in [2.75, 3.05) is 6.61 Å². The molecular weight excluding hydrogens is 408 g/mol. The molecule has 0 aromatic heterocycles. The van der Waals surface area contributed by atoms with Gasteiger partial charge in [0, 0.05) is 24.1 Å². The Morgan fingerprint density at radius 1 is 1.22 bits per heavy atom. The fourth-order valence-corrected chi connectivity index (χ4v) is 3.80. The second-order valence-corrected chi connectivity index (χ2v) is 7.21. The van der Waals surface area contributed by atoms with Crippen molar-refractivity contribution in [2.45, 2.75) is 25.8 Å². The fraction of sp³-hybridized carbons (Fsp3) is 0.250. The minimum Gasteiger partial charge on any atom is -0.463 e. The highest BCUT2D eigenvalue weighted by atomic mass is 16.6. The quantitative estimate of drug-likeness (QED) is 0.293. The number of nitriles is 2. The minimum atomic E-state index is -1.65. The molecule has 2 aromatic carbocycles. The van der Waals surface area contributed by atoms with E-state index >= 15 is 0 Å². The van der Waals surface area contributed by atoms with Crippen LogP contribution >= 0.6 is 0 Å². The van der Waals surface area contributed by atoms with Crippen molar-refractivity contribution in [1.29, 1.82) is 10.5 Å². The highest BCUT2D eigenvalue weighted by Crippen LogP contribution is 2.50. The van der Waals surface area contributed by atoms with Gasteiger partial charge in [0.05, 0.1) is 35.9 Å². The maximum absolute atomic E-state index is 12.2. The van der Waals surface area contributed by atoms with Crippen LogP contribution < -0.4 is 0 Å². The molecule has 0 heterocycles. The van der Waals surface area contributed by atoms with Gasteiger partial charge in [0.25, 0.3) is 5.69 Å². The molecule has 3 rings (SSSR count). The molecule has 160 valence electrons. The fourth-order valence-electron chi connectivity index (χ4n) is 3.80. The molecule has 0 amide bonds. The average Bonchev–Trinajstić information content (AvgIpc) is 3.11. The topological polar surface area (TPSA) is 129 Å². The van der Waals surface area contributed by atoms with E-state index in [4.69, 9.17) is 4.74 Å². The van der Waals surface area contributed by atoms with Gasteiger partial charge in [0.15, 0.2) is 5.41 Å². The van der Waals surface area contributed by atoms with Crippen LogP contribution in [0.5, 0.6) is 0 Å². The molecule has 1 aliphatic rings. The van der Waals surface area contributed by atoms with Gasteiger partial charge in [0.1, 0.15) is 0 Å². The van der Waals surface area contributed by atoms with Crippen molar-refractivity contribution in [3.63, 3.8) is 0 Å². The number of benzene rings is 2. The first-order valence-corrected chi connectivity index (χ1v) is 9.98. The van der Waals surface area contributed by atoms with Crippen LogP contribution in [0.4, 0.5) is 5.69 Å². The Morgan fingerprint density at radius 3 is 2.44 bits per heavy atom. The van der Waals surface area contributed by atoms with E-state index in [-0.39, 0.29) is 31.0 Å². The molecule has 0 bridgehead atoms. The summed E-state index contributed by atoms with van der Waals surface area (Å²) in [6.45, 7) is 2.10. The first-order chi connectivity index (χ1) is 15.4. The smallest absolute Gasteiger partial charge is 0.331 e.